The summed E-state index contributed by atoms with van der Waals surface area (Å²) < 4.78 is 5.21. The van der Waals surface area contributed by atoms with Crippen molar-refractivity contribution in [2.45, 2.75) is 19.4 Å². The first-order valence-electron chi connectivity index (χ1n) is 6.52. The number of hydrogen-bond donors (Lipinski definition) is 0. The summed E-state index contributed by atoms with van der Waals surface area (Å²) in [5.41, 5.74) is 1.95. The van der Waals surface area contributed by atoms with Crippen molar-refractivity contribution in [1.82, 2.24) is 4.90 Å². The Kier molecular flexibility index (Phi) is 4.74. The van der Waals surface area contributed by atoms with Gasteiger partial charge in [0.05, 0.1) is 11.6 Å². The van der Waals surface area contributed by atoms with Crippen LogP contribution in [0.15, 0.2) is 24.3 Å². The second-order valence-electron chi connectivity index (χ2n) is 4.94. The lowest BCUT2D eigenvalue weighted by atomic mass is 9.97. The third-order valence-electron chi connectivity index (χ3n) is 3.64. The molecule has 0 atom stereocenters. The average molecular weight is 244 g/mol. The molecule has 2 rings (SSSR count). The number of rotatable bonds is 4. The highest BCUT2D eigenvalue weighted by Gasteiger charge is 2.19. The van der Waals surface area contributed by atoms with Crippen molar-refractivity contribution in [1.29, 1.82) is 5.26 Å². The first kappa shape index (κ1) is 13.1. The van der Waals surface area contributed by atoms with Crippen molar-refractivity contribution in [3.05, 3.63) is 35.4 Å². The van der Waals surface area contributed by atoms with Crippen LogP contribution in [-0.2, 0) is 11.3 Å². The van der Waals surface area contributed by atoms with Crippen molar-refractivity contribution < 1.29 is 4.74 Å². The fraction of sp³-hybridized carbons (Fsp3) is 0.533. The van der Waals surface area contributed by atoms with E-state index in [2.05, 4.69) is 17.0 Å². The number of nitrogens with zero attached hydrogens (tertiary/aromatic N) is 2. The average Bonchev–Trinajstić information content (AvgIpc) is 2.42. The zero-order valence-corrected chi connectivity index (χ0v) is 10.9. The number of nitriles is 1. The summed E-state index contributed by atoms with van der Waals surface area (Å²) >= 11 is 0. The van der Waals surface area contributed by atoms with Gasteiger partial charge in [-0.05, 0) is 43.5 Å². The molecule has 0 radical (unpaired) electrons. The second kappa shape index (κ2) is 6.53. The molecule has 0 spiro atoms. The minimum absolute atomic E-state index is 0.706. The van der Waals surface area contributed by atoms with Gasteiger partial charge < -0.3 is 4.74 Å². The van der Waals surface area contributed by atoms with Crippen molar-refractivity contribution >= 4 is 0 Å². The summed E-state index contributed by atoms with van der Waals surface area (Å²) in [6.45, 7) is 3.98. The van der Waals surface area contributed by atoms with Crippen LogP contribution in [0.25, 0.3) is 0 Å². The lowest BCUT2D eigenvalue weighted by Gasteiger charge is -2.31. The van der Waals surface area contributed by atoms with E-state index in [0.29, 0.717) is 5.92 Å². The fourth-order valence-electron chi connectivity index (χ4n) is 2.56. The Labute approximate surface area is 109 Å². The van der Waals surface area contributed by atoms with Gasteiger partial charge >= 0.3 is 0 Å². The molecule has 0 unspecified atom stereocenters. The van der Waals surface area contributed by atoms with Gasteiger partial charge in [-0.3, -0.25) is 4.90 Å². The van der Waals surface area contributed by atoms with E-state index in [1.54, 1.807) is 7.11 Å². The molecular formula is C15H20N2O. The van der Waals surface area contributed by atoms with Gasteiger partial charge in [0.15, 0.2) is 0 Å². The van der Waals surface area contributed by atoms with Crippen LogP contribution < -0.4 is 0 Å². The highest BCUT2D eigenvalue weighted by molar-refractivity contribution is 5.37. The number of piperidine rings is 1. The largest absolute Gasteiger partial charge is 0.384 e. The van der Waals surface area contributed by atoms with Gasteiger partial charge in [0.1, 0.15) is 0 Å². The summed E-state index contributed by atoms with van der Waals surface area (Å²) in [4.78, 5) is 2.43. The lowest BCUT2D eigenvalue weighted by Crippen LogP contribution is -2.34. The highest BCUT2D eigenvalue weighted by Crippen LogP contribution is 2.20. The number of benzene rings is 1. The number of hydrogen-bond acceptors (Lipinski definition) is 3. The molecule has 0 aliphatic carbocycles. The maximum atomic E-state index is 9.07. The summed E-state index contributed by atoms with van der Waals surface area (Å²) in [7, 11) is 1.77. The molecule has 96 valence electrons. The van der Waals surface area contributed by atoms with Crippen LogP contribution >= 0.6 is 0 Å². The van der Waals surface area contributed by atoms with Gasteiger partial charge in [0.2, 0.25) is 0 Å². The van der Waals surface area contributed by atoms with Gasteiger partial charge in [-0.1, -0.05) is 18.2 Å². The molecule has 1 aromatic carbocycles. The Morgan fingerprint density at radius 2 is 2.06 bits per heavy atom. The lowest BCUT2D eigenvalue weighted by molar-refractivity contribution is 0.0968. The summed E-state index contributed by atoms with van der Waals surface area (Å²) in [5.74, 6) is 0.706. The molecule has 0 amide bonds. The van der Waals surface area contributed by atoms with E-state index in [0.717, 1.165) is 37.4 Å². The van der Waals surface area contributed by atoms with Crippen LogP contribution in [0.4, 0.5) is 0 Å². The monoisotopic (exact) mass is 244 g/mol. The molecule has 1 fully saturated rings. The van der Waals surface area contributed by atoms with Crippen LogP contribution in [0, 0.1) is 17.2 Å². The van der Waals surface area contributed by atoms with Crippen molar-refractivity contribution in [3.8, 4) is 6.07 Å². The van der Waals surface area contributed by atoms with Gasteiger partial charge in [-0.25, -0.2) is 0 Å². The summed E-state index contributed by atoms with van der Waals surface area (Å²) in [5, 5.41) is 9.07. The van der Waals surface area contributed by atoms with E-state index >= 15 is 0 Å². The minimum Gasteiger partial charge on any atom is -0.384 e. The van der Waals surface area contributed by atoms with Gasteiger partial charge in [-0.2, -0.15) is 5.26 Å². The van der Waals surface area contributed by atoms with Crippen LogP contribution in [-0.4, -0.2) is 31.7 Å². The van der Waals surface area contributed by atoms with Gasteiger partial charge in [0, 0.05) is 20.3 Å². The Balaban J connectivity index is 1.90. The molecule has 1 heterocycles. The van der Waals surface area contributed by atoms with Crippen LogP contribution in [0.2, 0.25) is 0 Å². The number of likely N-dealkylation sites (tertiary alicyclic amines) is 1. The van der Waals surface area contributed by atoms with Crippen LogP contribution in [0.5, 0.6) is 0 Å². The van der Waals surface area contributed by atoms with E-state index in [1.807, 2.05) is 18.2 Å². The zero-order valence-electron chi connectivity index (χ0n) is 10.9. The minimum atomic E-state index is 0.706. The van der Waals surface area contributed by atoms with Crippen molar-refractivity contribution in [3.63, 3.8) is 0 Å². The quantitative estimate of drug-likeness (QED) is 0.816. The van der Waals surface area contributed by atoms with Gasteiger partial charge in [-0.15, -0.1) is 0 Å². The molecule has 1 aliphatic rings. The SMILES string of the molecule is COCC1CCN(Cc2ccccc2C#N)CC1. The molecule has 0 aromatic heterocycles. The van der Waals surface area contributed by atoms with E-state index in [-0.39, 0.29) is 0 Å². The van der Waals surface area contributed by atoms with Crippen LogP contribution in [0.3, 0.4) is 0 Å². The molecule has 0 bridgehead atoms. The third-order valence-corrected chi connectivity index (χ3v) is 3.64. The molecule has 3 nitrogen and oxygen atoms in total. The zero-order chi connectivity index (χ0) is 12.8. The topological polar surface area (TPSA) is 36.3 Å². The maximum Gasteiger partial charge on any atom is 0.0995 e. The summed E-state index contributed by atoms with van der Waals surface area (Å²) in [6.07, 6.45) is 2.39. The van der Waals surface area contributed by atoms with E-state index in [4.69, 9.17) is 10.00 Å². The molecule has 3 heteroatoms. The standard InChI is InChI=1S/C15H20N2O/c1-18-12-13-6-8-17(9-7-13)11-15-5-3-2-4-14(15)10-16/h2-5,13H,6-9,11-12H2,1H3. The molecule has 1 aliphatic heterocycles. The molecule has 0 N–H and O–H groups in total. The third kappa shape index (κ3) is 3.32. The van der Waals surface area contributed by atoms with Crippen molar-refractivity contribution in [2.24, 2.45) is 5.92 Å². The maximum absolute atomic E-state index is 9.07. The van der Waals surface area contributed by atoms with E-state index in [9.17, 15) is 0 Å². The van der Waals surface area contributed by atoms with Crippen molar-refractivity contribution in [2.75, 3.05) is 26.8 Å². The summed E-state index contributed by atoms with van der Waals surface area (Å²) in [6, 6.07) is 10.2. The molecule has 0 saturated carbocycles. The highest BCUT2D eigenvalue weighted by atomic mass is 16.5. The molecule has 18 heavy (non-hydrogen) atoms. The Bertz CT molecular complexity index is 417. The van der Waals surface area contributed by atoms with E-state index in [1.165, 1.54) is 12.8 Å². The van der Waals surface area contributed by atoms with Gasteiger partial charge in [0.25, 0.3) is 0 Å². The fourth-order valence-corrected chi connectivity index (χ4v) is 2.56. The first-order chi connectivity index (χ1) is 8.83. The molecule has 1 aromatic rings. The Morgan fingerprint density at radius 1 is 1.33 bits per heavy atom. The smallest absolute Gasteiger partial charge is 0.0995 e. The molecule has 1 saturated heterocycles. The number of methoxy groups -OCH3 is 1. The predicted octanol–water partition coefficient (Wildman–Crippen LogP) is 2.42. The van der Waals surface area contributed by atoms with E-state index < -0.39 is 0 Å². The Hall–Kier alpha value is -1.37. The first-order valence-corrected chi connectivity index (χ1v) is 6.52. The van der Waals surface area contributed by atoms with Crippen LogP contribution in [0.1, 0.15) is 24.0 Å². The normalized spacial score (nSPS) is 17.6. The second-order valence-corrected chi connectivity index (χ2v) is 4.94. The Morgan fingerprint density at radius 3 is 2.72 bits per heavy atom. The number of ether oxygens (including phenoxy) is 1. The predicted molar refractivity (Wildman–Crippen MR) is 71.0 cm³/mol. The molecular weight excluding hydrogens is 224 g/mol.